The van der Waals surface area contributed by atoms with Gasteiger partial charge in [0, 0.05) is 16.8 Å². The van der Waals surface area contributed by atoms with Gasteiger partial charge in [0.15, 0.2) is 0 Å². The monoisotopic (exact) mass is 514 g/mol. The molecule has 0 fully saturated rings. The number of rotatable bonds is 10. The van der Waals surface area contributed by atoms with Crippen molar-refractivity contribution in [3.8, 4) is 0 Å². The molecule has 0 aliphatic carbocycles. The van der Waals surface area contributed by atoms with Crippen LogP contribution in [-0.2, 0) is 9.63 Å². The summed E-state index contributed by atoms with van der Waals surface area (Å²) >= 11 is 0. The molecule has 4 N–H and O–H groups in total. The lowest BCUT2D eigenvalue weighted by Crippen LogP contribution is -2.25. The number of fused-ring (bicyclic) bond motifs is 1. The standard InChI is InChI=1S/C29H30N4O5/c1-18-16-23-24(17-22(18)29(36)37)31-28(35)25(23)26(19-8-5-4-6-9-19)30-21-12-10-20(11-13-21)27(34)32-38-15-7-14-33(2)3/h4-6,8-13,16-17,30H,7,14-15H2,1-3H3,(H,31,35)(H,32,34)(H,36,37). The van der Waals surface area contributed by atoms with E-state index in [1.165, 1.54) is 6.07 Å². The van der Waals surface area contributed by atoms with Crippen LogP contribution >= 0.6 is 0 Å². The SMILES string of the molecule is Cc1cc2c(cc1C(=O)O)NC(=O)C2=C(Nc1ccc(C(=O)NOCCCN(C)C)cc1)c1ccccc1. The van der Waals surface area contributed by atoms with Crippen LogP contribution in [0, 0.1) is 6.92 Å². The summed E-state index contributed by atoms with van der Waals surface area (Å²) in [5, 5.41) is 15.6. The van der Waals surface area contributed by atoms with Gasteiger partial charge in [0.2, 0.25) is 0 Å². The second kappa shape index (κ2) is 11.7. The fraction of sp³-hybridized carbons (Fsp3) is 0.207. The Kier molecular flexibility index (Phi) is 8.20. The Bertz CT molecular complexity index is 1380. The van der Waals surface area contributed by atoms with Crippen molar-refractivity contribution in [2.45, 2.75) is 13.3 Å². The first-order chi connectivity index (χ1) is 18.2. The van der Waals surface area contributed by atoms with E-state index in [2.05, 4.69) is 16.1 Å². The van der Waals surface area contributed by atoms with Crippen LogP contribution in [0.1, 0.15) is 43.8 Å². The largest absolute Gasteiger partial charge is 0.478 e. The third-order valence-electron chi connectivity index (χ3n) is 6.09. The van der Waals surface area contributed by atoms with Gasteiger partial charge in [-0.1, -0.05) is 30.3 Å². The quantitative estimate of drug-likeness (QED) is 0.181. The zero-order chi connectivity index (χ0) is 27.2. The number of hydroxylamine groups is 1. The highest BCUT2D eigenvalue weighted by Crippen LogP contribution is 2.39. The number of hydrogen-bond acceptors (Lipinski definition) is 6. The molecule has 9 nitrogen and oxygen atoms in total. The minimum atomic E-state index is -1.05. The number of carboxylic acids is 1. The van der Waals surface area contributed by atoms with Crippen LogP contribution in [0.25, 0.3) is 11.3 Å². The summed E-state index contributed by atoms with van der Waals surface area (Å²) in [5.41, 5.74) is 7.04. The minimum absolute atomic E-state index is 0.134. The fourth-order valence-corrected chi connectivity index (χ4v) is 4.17. The fourth-order valence-electron chi connectivity index (χ4n) is 4.17. The Labute approximate surface area is 221 Å². The van der Waals surface area contributed by atoms with Crippen LogP contribution in [0.15, 0.2) is 66.7 Å². The number of amides is 2. The van der Waals surface area contributed by atoms with E-state index in [9.17, 15) is 19.5 Å². The third kappa shape index (κ3) is 6.08. The molecule has 0 spiro atoms. The molecular weight excluding hydrogens is 484 g/mol. The minimum Gasteiger partial charge on any atom is -0.478 e. The second-order valence-electron chi connectivity index (χ2n) is 9.23. The Hall–Kier alpha value is -4.47. The van der Waals surface area contributed by atoms with Crippen LogP contribution < -0.4 is 16.1 Å². The molecule has 0 saturated carbocycles. The maximum atomic E-state index is 13.1. The van der Waals surface area contributed by atoms with Crippen molar-refractivity contribution in [3.05, 3.63) is 94.5 Å². The summed E-state index contributed by atoms with van der Waals surface area (Å²) in [5.74, 6) is -1.74. The highest BCUT2D eigenvalue weighted by atomic mass is 16.6. The van der Waals surface area contributed by atoms with Gasteiger partial charge in [-0.2, -0.15) is 0 Å². The molecule has 3 aromatic carbocycles. The van der Waals surface area contributed by atoms with Gasteiger partial charge < -0.3 is 20.6 Å². The molecule has 0 bridgehead atoms. The number of nitrogens with one attached hydrogen (secondary N) is 3. The molecule has 2 amide bonds. The van der Waals surface area contributed by atoms with E-state index in [4.69, 9.17) is 4.84 Å². The second-order valence-corrected chi connectivity index (χ2v) is 9.23. The predicted molar refractivity (Wildman–Crippen MR) is 147 cm³/mol. The van der Waals surface area contributed by atoms with Crippen molar-refractivity contribution in [3.63, 3.8) is 0 Å². The first-order valence-corrected chi connectivity index (χ1v) is 12.2. The van der Waals surface area contributed by atoms with Gasteiger partial charge in [-0.15, -0.1) is 0 Å². The Morgan fingerprint density at radius 1 is 1.00 bits per heavy atom. The van der Waals surface area contributed by atoms with Crippen molar-refractivity contribution in [1.82, 2.24) is 10.4 Å². The molecule has 9 heteroatoms. The number of aromatic carboxylic acids is 1. The summed E-state index contributed by atoms with van der Waals surface area (Å²) in [7, 11) is 3.95. The van der Waals surface area contributed by atoms with E-state index in [0.29, 0.717) is 45.9 Å². The molecule has 0 radical (unpaired) electrons. The molecule has 38 heavy (non-hydrogen) atoms. The molecule has 4 rings (SSSR count). The van der Waals surface area contributed by atoms with Gasteiger partial charge in [-0.3, -0.25) is 14.4 Å². The van der Waals surface area contributed by atoms with Crippen molar-refractivity contribution < 1.29 is 24.3 Å². The highest BCUT2D eigenvalue weighted by Gasteiger charge is 2.30. The summed E-state index contributed by atoms with van der Waals surface area (Å²) in [6.07, 6.45) is 0.793. The number of carboxylic acid groups (broad SMARTS) is 1. The maximum Gasteiger partial charge on any atom is 0.336 e. The molecule has 1 heterocycles. The van der Waals surface area contributed by atoms with Crippen molar-refractivity contribution in [2.24, 2.45) is 0 Å². The zero-order valence-corrected chi connectivity index (χ0v) is 21.5. The Morgan fingerprint density at radius 2 is 1.71 bits per heavy atom. The van der Waals surface area contributed by atoms with Gasteiger partial charge in [0.1, 0.15) is 0 Å². The topological polar surface area (TPSA) is 120 Å². The van der Waals surface area contributed by atoms with E-state index < -0.39 is 5.97 Å². The number of benzene rings is 3. The summed E-state index contributed by atoms with van der Waals surface area (Å²) in [4.78, 5) is 44.5. The van der Waals surface area contributed by atoms with Gasteiger partial charge in [0.05, 0.1) is 29.1 Å². The number of carbonyl (C=O) groups excluding carboxylic acids is 2. The van der Waals surface area contributed by atoms with Gasteiger partial charge in [0.25, 0.3) is 11.8 Å². The third-order valence-corrected chi connectivity index (χ3v) is 6.09. The smallest absolute Gasteiger partial charge is 0.336 e. The molecule has 196 valence electrons. The van der Waals surface area contributed by atoms with Crippen molar-refractivity contribution >= 4 is 40.4 Å². The molecule has 0 atom stereocenters. The van der Waals surface area contributed by atoms with E-state index in [-0.39, 0.29) is 17.4 Å². The first-order valence-electron chi connectivity index (χ1n) is 12.2. The van der Waals surface area contributed by atoms with Gasteiger partial charge >= 0.3 is 5.97 Å². The van der Waals surface area contributed by atoms with E-state index in [0.717, 1.165) is 18.5 Å². The van der Waals surface area contributed by atoms with Crippen LogP contribution in [0.3, 0.4) is 0 Å². The lowest BCUT2D eigenvalue weighted by atomic mass is 9.96. The molecule has 1 aliphatic rings. The van der Waals surface area contributed by atoms with Crippen molar-refractivity contribution in [1.29, 1.82) is 0 Å². The van der Waals surface area contributed by atoms with Crippen LogP contribution in [-0.4, -0.2) is 55.0 Å². The number of nitrogens with zero attached hydrogens (tertiary/aromatic N) is 1. The van der Waals surface area contributed by atoms with E-state index in [1.54, 1.807) is 37.3 Å². The Morgan fingerprint density at radius 3 is 2.37 bits per heavy atom. The number of hydrogen-bond donors (Lipinski definition) is 4. The molecular formula is C29H30N4O5. The molecule has 3 aromatic rings. The van der Waals surface area contributed by atoms with Crippen molar-refractivity contribution in [2.75, 3.05) is 37.9 Å². The highest BCUT2D eigenvalue weighted by molar-refractivity contribution is 6.37. The van der Waals surface area contributed by atoms with Gasteiger partial charge in [-0.25, -0.2) is 10.3 Å². The van der Waals surface area contributed by atoms with E-state index >= 15 is 0 Å². The zero-order valence-electron chi connectivity index (χ0n) is 21.5. The Balaban J connectivity index is 1.60. The summed E-state index contributed by atoms with van der Waals surface area (Å²) < 4.78 is 0. The van der Waals surface area contributed by atoms with E-state index in [1.807, 2.05) is 49.3 Å². The van der Waals surface area contributed by atoms with Crippen LogP contribution in [0.4, 0.5) is 11.4 Å². The summed E-state index contributed by atoms with van der Waals surface area (Å²) in [6, 6.07) is 19.4. The lowest BCUT2D eigenvalue weighted by molar-refractivity contribution is -0.110. The predicted octanol–water partition coefficient (Wildman–Crippen LogP) is 4.24. The maximum absolute atomic E-state index is 13.1. The molecule has 0 aromatic heterocycles. The average Bonchev–Trinajstić information content (AvgIpc) is 3.21. The van der Waals surface area contributed by atoms with Gasteiger partial charge in [-0.05, 0) is 81.5 Å². The first kappa shape index (κ1) is 26.6. The normalized spacial score (nSPS) is 13.6. The number of carbonyl (C=O) groups is 3. The molecule has 0 saturated heterocycles. The lowest BCUT2D eigenvalue weighted by Gasteiger charge is -2.15. The van der Waals surface area contributed by atoms with Crippen LogP contribution in [0.2, 0.25) is 0 Å². The molecule has 0 unspecified atom stereocenters. The number of anilines is 2. The summed E-state index contributed by atoms with van der Waals surface area (Å²) in [6.45, 7) is 2.97. The number of aryl methyl sites for hydroxylation is 1. The molecule has 1 aliphatic heterocycles. The average molecular weight is 515 g/mol. The van der Waals surface area contributed by atoms with Crippen LogP contribution in [0.5, 0.6) is 0 Å².